The molecule has 0 bridgehead atoms. The van der Waals surface area contributed by atoms with E-state index in [1.54, 1.807) is 0 Å². The van der Waals surface area contributed by atoms with E-state index in [9.17, 15) is 14.4 Å². The smallest absolute Gasteiger partial charge is 0.306 e. The van der Waals surface area contributed by atoms with Crippen molar-refractivity contribution in [1.82, 2.24) is 0 Å². The summed E-state index contributed by atoms with van der Waals surface area (Å²) < 4.78 is 16.9. The third-order valence-corrected chi connectivity index (χ3v) is 14.6. The molecule has 0 rings (SSSR count). The van der Waals surface area contributed by atoms with Crippen molar-refractivity contribution in [3.8, 4) is 0 Å². The minimum absolute atomic E-state index is 0.0711. The van der Waals surface area contributed by atoms with Crippen LogP contribution in [0.1, 0.15) is 348 Å². The van der Waals surface area contributed by atoms with Gasteiger partial charge in [-0.1, -0.05) is 294 Å². The van der Waals surface area contributed by atoms with Crippen LogP contribution in [0.3, 0.4) is 0 Å². The molecule has 0 amide bonds. The standard InChI is InChI=1S/C68H124O6/c1-4-7-10-13-16-19-21-23-25-27-29-31-32-33-34-35-36-38-39-41-43-45-47-49-52-55-58-61-67(70)73-64-65(63-72-66(69)60-57-54-51-18-15-12-9-6-3)74-68(71)62-59-56-53-50-48-46-44-42-40-37-30-28-26-24-22-20-17-14-11-8-5-2/h21,23,27-30,32-33,65H,4-20,22,24-26,31,34-64H2,1-3H3/b23-21-,29-27-,30-28-,33-32-. The lowest BCUT2D eigenvalue weighted by Gasteiger charge is -2.18. The topological polar surface area (TPSA) is 78.9 Å². The second-order valence-corrected chi connectivity index (χ2v) is 22.0. The van der Waals surface area contributed by atoms with Gasteiger partial charge in [0.2, 0.25) is 0 Å². The summed E-state index contributed by atoms with van der Waals surface area (Å²) in [4.78, 5) is 38.1. The van der Waals surface area contributed by atoms with Crippen LogP contribution in [0.2, 0.25) is 0 Å². The number of unbranched alkanes of at least 4 members (excludes halogenated alkanes) is 41. The summed E-state index contributed by atoms with van der Waals surface area (Å²) in [6.45, 7) is 6.64. The zero-order valence-corrected chi connectivity index (χ0v) is 49.6. The van der Waals surface area contributed by atoms with E-state index >= 15 is 0 Å². The Bertz CT molecular complexity index is 1280. The maximum Gasteiger partial charge on any atom is 0.306 e. The van der Waals surface area contributed by atoms with Crippen LogP contribution in [0, 0.1) is 0 Å². The molecular weight excluding hydrogens is 913 g/mol. The molecule has 0 aromatic rings. The van der Waals surface area contributed by atoms with Gasteiger partial charge in [0.05, 0.1) is 0 Å². The molecule has 0 saturated heterocycles. The molecule has 0 spiro atoms. The largest absolute Gasteiger partial charge is 0.462 e. The van der Waals surface area contributed by atoms with Gasteiger partial charge in [-0.25, -0.2) is 0 Å². The maximum atomic E-state index is 12.9. The Morgan fingerprint density at radius 2 is 0.486 bits per heavy atom. The minimum atomic E-state index is -0.772. The SMILES string of the molecule is CCCCCCC/C=C\C/C=C\C/C=C\CCCCCCCCCCCCCCC(=O)OCC(COC(=O)CCCCCCCCCC)OC(=O)CCCCCCCCCCC/C=C\CCCCCCCCCC. The van der Waals surface area contributed by atoms with E-state index in [1.165, 1.54) is 238 Å². The Balaban J connectivity index is 4.14. The number of carbonyl (C=O) groups is 3. The molecule has 0 fully saturated rings. The average Bonchev–Trinajstić information content (AvgIpc) is 3.40. The minimum Gasteiger partial charge on any atom is -0.462 e. The Hall–Kier alpha value is -2.63. The van der Waals surface area contributed by atoms with Crippen LogP contribution in [0.4, 0.5) is 0 Å². The third kappa shape index (κ3) is 60.2. The highest BCUT2D eigenvalue weighted by molar-refractivity contribution is 5.71. The summed E-state index contributed by atoms with van der Waals surface area (Å²) >= 11 is 0. The molecule has 6 nitrogen and oxygen atoms in total. The van der Waals surface area contributed by atoms with E-state index in [4.69, 9.17) is 14.2 Å². The Labute approximate surface area is 460 Å². The van der Waals surface area contributed by atoms with Crippen molar-refractivity contribution in [2.75, 3.05) is 13.2 Å². The van der Waals surface area contributed by atoms with E-state index < -0.39 is 6.10 Å². The Kier molecular flexibility index (Phi) is 60.7. The monoisotopic (exact) mass is 1040 g/mol. The maximum absolute atomic E-state index is 12.9. The highest BCUT2D eigenvalue weighted by atomic mass is 16.6. The van der Waals surface area contributed by atoms with Gasteiger partial charge >= 0.3 is 17.9 Å². The molecule has 0 radical (unpaired) electrons. The second-order valence-electron chi connectivity index (χ2n) is 22.0. The van der Waals surface area contributed by atoms with Crippen molar-refractivity contribution >= 4 is 17.9 Å². The molecule has 0 aliphatic heterocycles. The summed E-state index contributed by atoms with van der Waals surface area (Å²) in [5, 5.41) is 0. The molecular formula is C68H124O6. The van der Waals surface area contributed by atoms with Crippen LogP contribution in [0.15, 0.2) is 48.6 Å². The molecule has 0 aromatic heterocycles. The van der Waals surface area contributed by atoms with Crippen LogP contribution in [0.5, 0.6) is 0 Å². The molecule has 0 aromatic carbocycles. The summed E-state index contributed by atoms with van der Waals surface area (Å²) in [6.07, 6.45) is 78.5. The highest BCUT2D eigenvalue weighted by Gasteiger charge is 2.19. The first kappa shape index (κ1) is 71.4. The Morgan fingerprint density at radius 1 is 0.270 bits per heavy atom. The molecule has 0 heterocycles. The van der Waals surface area contributed by atoms with Crippen LogP contribution >= 0.6 is 0 Å². The number of hydrogen-bond acceptors (Lipinski definition) is 6. The molecule has 0 N–H and O–H groups in total. The lowest BCUT2D eigenvalue weighted by atomic mass is 10.0. The number of allylic oxidation sites excluding steroid dienone is 8. The summed E-state index contributed by atoms with van der Waals surface area (Å²) in [5.74, 6) is -0.861. The normalized spacial score (nSPS) is 12.3. The zero-order valence-electron chi connectivity index (χ0n) is 49.6. The van der Waals surface area contributed by atoms with E-state index in [2.05, 4.69) is 69.4 Å². The summed E-state index contributed by atoms with van der Waals surface area (Å²) in [6, 6.07) is 0. The molecule has 6 heteroatoms. The van der Waals surface area contributed by atoms with Crippen molar-refractivity contribution in [3.63, 3.8) is 0 Å². The van der Waals surface area contributed by atoms with Crippen LogP contribution in [0.25, 0.3) is 0 Å². The summed E-state index contributed by atoms with van der Waals surface area (Å²) in [7, 11) is 0. The van der Waals surface area contributed by atoms with Gasteiger partial charge in [-0.3, -0.25) is 14.4 Å². The van der Waals surface area contributed by atoms with E-state index in [0.717, 1.165) is 70.6 Å². The van der Waals surface area contributed by atoms with Gasteiger partial charge in [0.15, 0.2) is 6.10 Å². The highest BCUT2D eigenvalue weighted by Crippen LogP contribution is 2.17. The third-order valence-electron chi connectivity index (χ3n) is 14.6. The quantitative estimate of drug-likeness (QED) is 0.0261. The lowest BCUT2D eigenvalue weighted by Crippen LogP contribution is -2.30. The number of rotatable bonds is 60. The molecule has 0 aliphatic rings. The number of ether oxygens (including phenoxy) is 3. The van der Waals surface area contributed by atoms with Gasteiger partial charge in [-0.05, 0) is 83.5 Å². The summed E-state index contributed by atoms with van der Waals surface area (Å²) in [5.41, 5.74) is 0. The molecule has 1 unspecified atom stereocenters. The van der Waals surface area contributed by atoms with Gasteiger partial charge in [0, 0.05) is 19.3 Å². The first-order valence-corrected chi connectivity index (χ1v) is 32.6. The zero-order chi connectivity index (χ0) is 53.6. The predicted octanol–water partition coefficient (Wildman–Crippen LogP) is 22.2. The first-order chi connectivity index (χ1) is 36.5. The lowest BCUT2D eigenvalue weighted by molar-refractivity contribution is -0.167. The van der Waals surface area contributed by atoms with Crippen LogP contribution in [-0.4, -0.2) is 37.2 Å². The van der Waals surface area contributed by atoms with E-state index in [1.807, 2.05) is 0 Å². The van der Waals surface area contributed by atoms with Gasteiger partial charge in [-0.15, -0.1) is 0 Å². The van der Waals surface area contributed by atoms with Crippen molar-refractivity contribution in [3.05, 3.63) is 48.6 Å². The number of carbonyl (C=O) groups excluding carboxylic acids is 3. The average molecular weight is 1040 g/mol. The Morgan fingerprint density at radius 3 is 0.770 bits per heavy atom. The predicted molar refractivity (Wildman–Crippen MR) is 321 cm³/mol. The van der Waals surface area contributed by atoms with Crippen molar-refractivity contribution < 1.29 is 28.6 Å². The number of esters is 3. The fraction of sp³-hybridized carbons (Fsp3) is 0.838. The fourth-order valence-corrected chi connectivity index (χ4v) is 9.62. The first-order valence-electron chi connectivity index (χ1n) is 32.6. The molecule has 0 saturated carbocycles. The van der Waals surface area contributed by atoms with Crippen LogP contribution in [-0.2, 0) is 28.6 Å². The van der Waals surface area contributed by atoms with Gasteiger partial charge in [0.25, 0.3) is 0 Å². The van der Waals surface area contributed by atoms with Gasteiger partial charge in [0.1, 0.15) is 13.2 Å². The molecule has 74 heavy (non-hydrogen) atoms. The van der Waals surface area contributed by atoms with Crippen molar-refractivity contribution in [1.29, 1.82) is 0 Å². The van der Waals surface area contributed by atoms with Gasteiger partial charge < -0.3 is 14.2 Å². The van der Waals surface area contributed by atoms with Crippen LogP contribution < -0.4 is 0 Å². The van der Waals surface area contributed by atoms with E-state index in [0.29, 0.717) is 19.3 Å². The van der Waals surface area contributed by atoms with Crippen molar-refractivity contribution in [2.24, 2.45) is 0 Å². The fourth-order valence-electron chi connectivity index (χ4n) is 9.62. The second kappa shape index (κ2) is 62.9. The molecule has 0 aliphatic carbocycles. The molecule has 432 valence electrons. The molecule has 1 atom stereocenters. The van der Waals surface area contributed by atoms with Gasteiger partial charge in [-0.2, -0.15) is 0 Å². The van der Waals surface area contributed by atoms with E-state index in [-0.39, 0.29) is 31.1 Å². The number of hydrogen-bond donors (Lipinski definition) is 0. The van der Waals surface area contributed by atoms with Crippen molar-refractivity contribution in [2.45, 2.75) is 354 Å².